The molecule has 1 unspecified atom stereocenters. The Kier molecular flexibility index (Phi) is 6.36. The molecule has 100 valence electrons. The first-order valence-corrected chi connectivity index (χ1v) is 6.06. The van der Waals surface area contributed by atoms with E-state index in [0.717, 1.165) is 38.8 Å². The minimum atomic E-state index is -2.77. The number of nitrogens with zero attached hydrogens (tertiary/aromatic N) is 1. The summed E-state index contributed by atoms with van der Waals surface area (Å²) in [6, 6.07) is 0. The number of hydrogen-bond acceptors (Lipinski definition) is 3. The molecule has 1 heterocycles. The van der Waals surface area contributed by atoms with Crippen LogP contribution in [0.2, 0.25) is 0 Å². The monoisotopic (exact) mass is 250 g/mol. The maximum atomic E-state index is 12.0. The van der Waals surface area contributed by atoms with Gasteiger partial charge in [0, 0.05) is 19.6 Å². The summed E-state index contributed by atoms with van der Waals surface area (Å²) in [5.41, 5.74) is 0. The highest BCUT2D eigenvalue weighted by atomic mass is 19.3. The van der Waals surface area contributed by atoms with E-state index >= 15 is 0 Å². The van der Waals surface area contributed by atoms with Crippen molar-refractivity contribution in [3.05, 3.63) is 0 Å². The van der Waals surface area contributed by atoms with Gasteiger partial charge in [-0.25, -0.2) is 8.78 Å². The predicted octanol–water partition coefficient (Wildman–Crippen LogP) is 0.605. The number of aliphatic hydroxyl groups excluding tert-OH is 1. The molecule has 17 heavy (non-hydrogen) atoms. The summed E-state index contributed by atoms with van der Waals surface area (Å²) in [4.78, 5) is 13.5. The molecule has 4 nitrogen and oxygen atoms in total. The number of carbonyl (C=O) groups excluding carboxylic acids is 1. The Morgan fingerprint density at radius 3 is 2.35 bits per heavy atom. The molecule has 0 spiro atoms. The van der Waals surface area contributed by atoms with E-state index in [-0.39, 0.29) is 19.0 Å². The number of likely N-dealkylation sites (tertiary alicyclic amines) is 1. The number of amides is 1. The van der Waals surface area contributed by atoms with Crippen molar-refractivity contribution in [3.63, 3.8) is 0 Å². The molecule has 1 amide bonds. The molecule has 1 aliphatic heterocycles. The Labute approximate surface area is 100.0 Å². The maximum absolute atomic E-state index is 12.0. The molecule has 0 aromatic carbocycles. The summed E-state index contributed by atoms with van der Waals surface area (Å²) in [6.45, 7) is 1.26. The van der Waals surface area contributed by atoms with Gasteiger partial charge < -0.3 is 15.3 Å². The van der Waals surface area contributed by atoms with Gasteiger partial charge in [-0.2, -0.15) is 0 Å². The molecule has 0 aromatic rings. The Balaban J connectivity index is 2.19. The van der Waals surface area contributed by atoms with Gasteiger partial charge in [0.25, 0.3) is 6.43 Å². The molecule has 2 N–H and O–H groups in total. The van der Waals surface area contributed by atoms with Gasteiger partial charge in [0.1, 0.15) is 6.10 Å². The van der Waals surface area contributed by atoms with Crippen molar-refractivity contribution in [2.75, 3.05) is 26.2 Å². The van der Waals surface area contributed by atoms with Crippen LogP contribution in [0.25, 0.3) is 0 Å². The van der Waals surface area contributed by atoms with Crippen LogP contribution in [-0.2, 0) is 4.79 Å². The molecule has 1 atom stereocenters. The van der Waals surface area contributed by atoms with Crippen molar-refractivity contribution in [2.45, 2.75) is 38.2 Å². The lowest BCUT2D eigenvalue weighted by molar-refractivity contribution is -0.130. The van der Waals surface area contributed by atoms with Gasteiger partial charge in [-0.3, -0.25) is 4.79 Å². The van der Waals surface area contributed by atoms with Crippen molar-refractivity contribution < 1.29 is 18.7 Å². The smallest absolute Gasteiger partial charge is 0.265 e. The maximum Gasteiger partial charge on any atom is 0.265 e. The van der Waals surface area contributed by atoms with Gasteiger partial charge in [-0.1, -0.05) is 12.8 Å². The third-order valence-corrected chi connectivity index (χ3v) is 2.88. The number of carbonyl (C=O) groups is 1. The summed E-state index contributed by atoms with van der Waals surface area (Å²) >= 11 is 0. The molecule has 0 radical (unpaired) electrons. The van der Waals surface area contributed by atoms with Crippen molar-refractivity contribution in [1.82, 2.24) is 10.2 Å². The molecule has 0 aromatic heterocycles. The van der Waals surface area contributed by atoms with E-state index in [2.05, 4.69) is 5.32 Å². The lowest BCUT2D eigenvalue weighted by Crippen LogP contribution is -2.41. The lowest BCUT2D eigenvalue weighted by Gasteiger charge is -2.20. The standard InChI is InChI=1S/C11H20F2N2O2/c12-11(13)9(16)7-14-8-10(17)15-5-3-1-2-4-6-15/h9,11,14,16H,1-8H2. The number of rotatable bonds is 5. The Bertz CT molecular complexity index is 232. The van der Waals surface area contributed by atoms with E-state index in [0.29, 0.717) is 0 Å². The van der Waals surface area contributed by atoms with Crippen molar-refractivity contribution in [2.24, 2.45) is 0 Å². The number of halogens is 2. The first kappa shape index (κ1) is 14.3. The van der Waals surface area contributed by atoms with Crippen LogP contribution < -0.4 is 5.32 Å². The van der Waals surface area contributed by atoms with Gasteiger partial charge in [0.2, 0.25) is 5.91 Å². The minimum absolute atomic E-state index is 0.0176. The Morgan fingerprint density at radius 1 is 1.24 bits per heavy atom. The zero-order valence-corrected chi connectivity index (χ0v) is 9.87. The van der Waals surface area contributed by atoms with E-state index in [4.69, 9.17) is 5.11 Å². The van der Waals surface area contributed by atoms with Gasteiger partial charge in [-0.15, -0.1) is 0 Å². The largest absolute Gasteiger partial charge is 0.386 e. The second kappa shape index (κ2) is 7.55. The van der Waals surface area contributed by atoms with E-state index in [1.165, 1.54) is 0 Å². The fraction of sp³-hybridized carbons (Fsp3) is 0.909. The van der Waals surface area contributed by atoms with Gasteiger partial charge >= 0.3 is 0 Å². The van der Waals surface area contributed by atoms with E-state index in [1.807, 2.05) is 0 Å². The van der Waals surface area contributed by atoms with E-state index in [1.54, 1.807) is 4.90 Å². The number of nitrogens with one attached hydrogen (secondary N) is 1. The van der Waals surface area contributed by atoms with Gasteiger partial charge in [-0.05, 0) is 12.8 Å². The molecule has 1 saturated heterocycles. The topological polar surface area (TPSA) is 52.6 Å². The summed E-state index contributed by atoms with van der Waals surface area (Å²) in [7, 11) is 0. The molecule has 0 bridgehead atoms. The van der Waals surface area contributed by atoms with Crippen LogP contribution in [-0.4, -0.2) is 54.6 Å². The van der Waals surface area contributed by atoms with Gasteiger partial charge in [0.05, 0.1) is 6.54 Å². The summed E-state index contributed by atoms with van der Waals surface area (Å²) in [5.74, 6) is -0.0756. The highest BCUT2D eigenvalue weighted by Crippen LogP contribution is 2.09. The molecular weight excluding hydrogens is 230 g/mol. The first-order chi connectivity index (χ1) is 8.11. The van der Waals surface area contributed by atoms with Crippen LogP contribution in [0.15, 0.2) is 0 Å². The molecule has 1 rings (SSSR count). The average molecular weight is 250 g/mol. The zero-order valence-electron chi connectivity index (χ0n) is 9.87. The second-order valence-electron chi connectivity index (χ2n) is 4.33. The molecule has 1 fully saturated rings. The molecule has 0 saturated carbocycles. The number of aliphatic hydroxyl groups is 1. The molecular formula is C11H20F2N2O2. The Hall–Kier alpha value is -0.750. The number of alkyl halides is 2. The van der Waals surface area contributed by atoms with Crippen molar-refractivity contribution in [3.8, 4) is 0 Å². The highest BCUT2D eigenvalue weighted by molar-refractivity contribution is 5.78. The summed E-state index contributed by atoms with van der Waals surface area (Å²) in [5, 5.41) is 11.4. The van der Waals surface area contributed by atoms with Crippen molar-refractivity contribution in [1.29, 1.82) is 0 Å². The average Bonchev–Trinajstić information content (AvgIpc) is 2.57. The zero-order chi connectivity index (χ0) is 12.7. The normalized spacial score (nSPS) is 19.2. The van der Waals surface area contributed by atoms with Crippen LogP contribution in [0.4, 0.5) is 8.78 Å². The Morgan fingerprint density at radius 2 is 1.82 bits per heavy atom. The SMILES string of the molecule is O=C(CNCC(O)C(F)F)N1CCCCCC1. The summed E-state index contributed by atoms with van der Waals surface area (Å²) in [6.07, 6.45) is -0.179. The predicted molar refractivity (Wildman–Crippen MR) is 59.9 cm³/mol. The number of hydrogen-bond donors (Lipinski definition) is 2. The lowest BCUT2D eigenvalue weighted by atomic mass is 10.2. The molecule has 0 aliphatic carbocycles. The van der Waals surface area contributed by atoms with Crippen molar-refractivity contribution >= 4 is 5.91 Å². The molecule has 1 aliphatic rings. The van der Waals surface area contributed by atoms with Crippen LogP contribution in [0, 0.1) is 0 Å². The third kappa shape index (κ3) is 5.41. The minimum Gasteiger partial charge on any atom is -0.386 e. The third-order valence-electron chi connectivity index (χ3n) is 2.88. The van der Waals surface area contributed by atoms with Crippen LogP contribution in [0.3, 0.4) is 0 Å². The molecule has 6 heteroatoms. The quantitative estimate of drug-likeness (QED) is 0.751. The van der Waals surface area contributed by atoms with E-state index < -0.39 is 12.5 Å². The second-order valence-corrected chi connectivity index (χ2v) is 4.33. The highest BCUT2D eigenvalue weighted by Gasteiger charge is 2.18. The van der Waals surface area contributed by atoms with Crippen LogP contribution in [0.1, 0.15) is 25.7 Å². The fourth-order valence-corrected chi connectivity index (χ4v) is 1.85. The van der Waals surface area contributed by atoms with E-state index in [9.17, 15) is 13.6 Å². The van der Waals surface area contributed by atoms with Crippen LogP contribution >= 0.6 is 0 Å². The first-order valence-electron chi connectivity index (χ1n) is 6.06. The van der Waals surface area contributed by atoms with Crippen LogP contribution in [0.5, 0.6) is 0 Å². The summed E-state index contributed by atoms with van der Waals surface area (Å²) < 4.78 is 24.0. The fourth-order valence-electron chi connectivity index (χ4n) is 1.85. The van der Waals surface area contributed by atoms with Gasteiger partial charge in [0.15, 0.2) is 0 Å².